The van der Waals surface area contributed by atoms with Gasteiger partial charge < -0.3 is 19.9 Å². The second-order valence-electron chi connectivity index (χ2n) is 6.99. The first kappa shape index (κ1) is 20.7. The molecular formula is C20H29N3O4. The fraction of sp³-hybridized carbons (Fsp3) is 0.550. The Balaban J connectivity index is 1.90. The molecule has 0 bridgehead atoms. The zero-order valence-electron chi connectivity index (χ0n) is 16.6. The summed E-state index contributed by atoms with van der Waals surface area (Å²) in [5.41, 5.74) is 2.82. The fourth-order valence-electron chi connectivity index (χ4n) is 3.13. The second-order valence-corrected chi connectivity index (χ2v) is 6.99. The highest BCUT2D eigenvalue weighted by atomic mass is 16.6. The minimum absolute atomic E-state index is 0.203. The van der Waals surface area contributed by atoms with Crippen LogP contribution in [0.3, 0.4) is 0 Å². The van der Waals surface area contributed by atoms with Gasteiger partial charge in [-0.1, -0.05) is 32.0 Å². The first-order valence-corrected chi connectivity index (χ1v) is 9.42. The molecule has 3 amide bonds. The minimum Gasteiger partial charge on any atom is -0.450 e. The molecule has 0 saturated carbocycles. The number of ether oxygens (including phenoxy) is 1. The normalized spacial score (nSPS) is 14.3. The van der Waals surface area contributed by atoms with Gasteiger partial charge in [0, 0.05) is 31.9 Å². The van der Waals surface area contributed by atoms with Crippen molar-refractivity contribution < 1.29 is 19.1 Å². The largest absolute Gasteiger partial charge is 0.450 e. The second kappa shape index (κ2) is 9.39. The highest BCUT2D eigenvalue weighted by Crippen LogP contribution is 2.27. The van der Waals surface area contributed by atoms with E-state index in [2.05, 4.69) is 19.2 Å². The number of aryl methyl sites for hydroxylation is 1. The number of piperazine rings is 1. The number of para-hydroxylation sites is 1. The molecule has 1 aromatic rings. The number of nitrogens with zero attached hydrogens (tertiary/aromatic N) is 2. The quantitative estimate of drug-likeness (QED) is 0.803. The molecule has 1 aromatic carbocycles. The third kappa shape index (κ3) is 5.45. The standard InChI is InChI=1S/C20H29N3O4/c1-5-27-20(26)23-11-9-22(10-12-23)18(25)13-17(24)21-19-15(4)7-6-8-16(19)14(2)3/h6-8,14H,5,9-13H2,1-4H3,(H,21,24). The SMILES string of the molecule is CCOC(=O)N1CCN(C(=O)CC(=O)Nc2c(C)cccc2C(C)C)CC1. The molecular weight excluding hydrogens is 346 g/mol. The van der Waals surface area contributed by atoms with Gasteiger partial charge in [-0.25, -0.2) is 4.79 Å². The number of hydrogen-bond donors (Lipinski definition) is 1. The van der Waals surface area contributed by atoms with Crippen LogP contribution < -0.4 is 5.32 Å². The predicted molar refractivity (Wildman–Crippen MR) is 104 cm³/mol. The van der Waals surface area contributed by atoms with Gasteiger partial charge in [-0.2, -0.15) is 0 Å². The number of anilines is 1. The summed E-state index contributed by atoms with van der Waals surface area (Å²) in [6.45, 7) is 9.82. The minimum atomic E-state index is -0.358. The summed E-state index contributed by atoms with van der Waals surface area (Å²) in [6.07, 6.45) is -0.561. The maximum atomic E-state index is 12.4. The van der Waals surface area contributed by atoms with Crippen molar-refractivity contribution in [3.05, 3.63) is 29.3 Å². The number of nitrogens with one attached hydrogen (secondary N) is 1. The van der Waals surface area contributed by atoms with Gasteiger partial charge in [0.2, 0.25) is 11.8 Å². The molecule has 0 atom stereocenters. The van der Waals surface area contributed by atoms with Gasteiger partial charge in [0.1, 0.15) is 6.42 Å². The highest BCUT2D eigenvalue weighted by molar-refractivity contribution is 6.04. The van der Waals surface area contributed by atoms with E-state index in [1.54, 1.807) is 16.7 Å². The van der Waals surface area contributed by atoms with Crippen LogP contribution in [0, 0.1) is 6.92 Å². The van der Waals surface area contributed by atoms with E-state index in [9.17, 15) is 14.4 Å². The Hall–Kier alpha value is -2.57. The summed E-state index contributed by atoms with van der Waals surface area (Å²) in [6, 6.07) is 5.90. The summed E-state index contributed by atoms with van der Waals surface area (Å²) in [5.74, 6) is -0.272. The van der Waals surface area contributed by atoms with Gasteiger partial charge in [0.15, 0.2) is 0 Å². The molecule has 148 valence electrons. The van der Waals surface area contributed by atoms with E-state index in [0.29, 0.717) is 32.8 Å². The van der Waals surface area contributed by atoms with Crippen LogP contribution in [0.1, 0.15) is 44.2 Å². The van der Waals surface area contributed by atoms with Crippen molar-refractivity contribution in [1.29, 1.82) is 0 Å². The van der Waals surface area contributed by atoms with Crippen LogP contribution >= 0.6 is 0 Å². The summed E-state index contributed by atoms with van der Waals surface area (Å²) in [5, 5.41) is 2.90. The van der Waals surface area contributed by atoms with E-state index >= 15 is 0 Å². The first-order chi connectivity index (χ1) is 12.8. The van der Waals surface area contributed by atoms with Crippen molar-refractivity contribution in [3.8, 4) is 0 Å². The Bertz CT molecular complexity index is 694. The Labute approximate surface area is 160 Å². The first-order valence-electron chi connectivity index (χ1n) is 9.42. The molecule has 1 saturated heterocycles. The topological polar surface area (TPSA) is 79.0 Å². The van der Waals surface area contributed by atoms with Crippen molar-refractivity contribution in [1.82, 2.24) is 9.80 Å². The van der Waals surface area contributed by atoms with Crippen LogP contribution in [-0.4, -0.2) is 60.5 Å². The fourth-order valence-corrected chi connectivity index (χ4v) is 3.13. The van der Waals surface area contributed by atoms with Gasteiger partial charge in [0.25, 0.3) is 0 Å². The average molecular weight is 375 g/mol. The highest BCUT2D eigenvalue weighted by Gasteiger charge is 2.26. The molecule has 0 aliphatic carbocycles. The van der Waals surface area contributed by atoms with E-state index in [-0.39, 0.29) is 30.2 Å². The van der Waals surface area contributed by atoms with Crippen molar-refractivity contribution in [2.75, 3.05) is 38.1 Å². The molecule has 0 radical (unpaired) electrons. The molecule has 7 nitrogen and oxygen atoms in total. The molecule has 1 aliphatic rings. The summed E-state index contributed by atoms with van der Waals surface area (Å²) in [4.78, 5) is 39.8. The van der Waals surface area contributed by atoms with Crippen LogP contribution in [-0.2, 0) is 14.3 Å². The third-order valence-corrected chi connectivity index (χ3v) is 4.66. The molecule has 0 spiro atoms. The van der Waals surface area contributed by atoms with E-state index in [1.807, 2.05) is 25.1 Å². The monoisotopic (exact) mass is 375 g/mol. The summed E-state index contributed by atoms with van der Waals surface area (Å²) >= 11 is 0. The Morgan fingerprint density at radius 3 is 2.33 bits per heavy atom. The molecule has 1 N–H and O–H groups in total. The zero-order chi connectivity index (χ0) is 20.0. The molecule has 1 heterocycles. The molecule has 0 aromatic heterocycles. The van der Waals surface area contributed by atoms with Crippen LogP contribution in [0.2, 0.25) is 0 Å². The van der Waals surface area contributed by atoms with Gasteiger partial charge in [-0.05, 0) is 30.9 Å². The lowest BCUT2D eigenvalue weighted by molar-refractivity contribution is -0.135. The maximum Gasteiger partial charge on any atom is 0.409 e. The lowest BCUT2D eigenvalue weighted by Gasteiger charge is -2.34. The molecule has 27 heavy (non-hydrogen) atoms. The summed E-state index contributed by atoms with van der Waals surface area (Å²) < 4.78 is 4.97. The van der Waals surface area contributed by atoms with E-state index in [4.69, 9.17) is 4.74 Å². The molecule has 2 rings (SSSR count). The van der Waals surface area contributed by atoms with E-state index in [1.165, 1.54) is 0 Å². The van der Waals surface area contributed by atoms with E-state index in [0.717, 1.165) is 16.8 Å². The van der Waals surface area contributed by atoms with Crippen molar-refractivity contribution in [2.45, 2.75) is 40.0 Å². The number of carbonyl (C=O) groups excluding carboxylic acids is 3. The van der Waals surface area contributed by atoms with Crippen LogP contribution in [0.25, 0.3) is 0 Å². The van der Waals surface area contributed by atoms with Gasteiger partial charge in [-0.15, -0.1) is 0 Å². The van der Waals surface area contributed by atoms with Gasteiger partial charge in [-0.3, -0.25) is 9.59 Å². The third-order valence-electron chi connectivity index (χ3n) is 4.66. The van der Waals surface area contributed by atoms with Gasteiger partial charge in [0.05, 0.1) is 6.61 Å². The molecule has 0 unspecified atom stereocenters. The lowest BCUT2D eigenvalue weighted by Crippen LogP contribution is -2.51. The summed E-state index contributed by atoms with van der Waals surface area (Å²) in [7, 11) is 0. The molecule has 1 aliphatic heterocycles. The lowest BCUT2D eigenvalue weighted by atomic mass is 9.98. The van der Waals surface area contributed by atoms with Crippen molar-refractivity contribution in [3.63, 3.8) is 0 Å². The number of rotatable bonds is 5. The zero-order valence-corrected chi connectivity index (χ0v) is 16.6. The van der Waals surface area contributed by atoms with Crippen molar-refractivity contribution in [2.24, 2.45) is 0 Å². The predicted octanol–water partition coefficient (Wildman–Crippen LogP) is 2.75. The van der Waals surface area contributed by atoms with Crippen LogP contribution in [0.15, 0.2) is 18.2 Å². The number of benzene rings is 1. The maximum absolute atomic E-state index is 12.4. The van der Waals surface area contributed by atoms with Crippen molar-refractivity contribution >= 4 is 23.6 Å². The smallest absolute Gasteiger partial charge is 0.409 e. The molecule has 7 heteroatoms. The van der Waals surface area contributed by atoms with E-state index < -0.39 is 0 Å². The number of amides is 3. The Morgan fingerprint density at radius 2 is 1.74 bits per heavy atom. The van der Waals surface area contributed by atoms with Crippen LogP contribution in [0.4, 0.5) is 10.5 Å². The Kier molecular flexibility index (Phi) is 7.21. The van der Waals surface area contributed by atoms with Gasteiger partial charge >= 0.3 is 6.09 Å². The van der Waals surface area contributed by atoms with Crippen LogP contribution in [0.5, 0.6) is 0 Å². The molecule has 1 fully saturated rings. The number of carbonyl (C=O) groups is 3. The average Bonchev–Trinajstić information content (AvgIpc) is 2.63. The Morgan fingerprint density at radius 1 is 1.11 bits per heavy atom. The number of hydrogen-bond acceptors (Lipinski definition) is 4.